The molecule has 1 aliphatic carbocycles. The summed E-state index contributed by atoms with van der Waals surface area (Å²) in [6.07, 6.45) is 9.07. The van der Waals surface area contributed by atoms with Crippen molar-refractivity contribution in [2.75, 3.05) is 0 Å². The molecule has 0 radical (unpaired) electrons. The quantitative estimate of drug-likeness (QED) is 0.261. The molecule has 0 spiro atoms. The zero-order valence-corrected chi connectivity index (χ0v) is 23.6. The van der Waals surface area contributed by atoms with Crippen molar-refractivity contribution in [3.8, 4) is 17.2 Å². The third-order valence-corrected chi connectivity index (χ3v) is 8.61. The number of aryl methyl sites for hydroxylation is 1. The third kappa shape index (κ3) is 5.45. The highest BCUT2D eigenvalue weighted by molar-refractivity contribution is 7.17. The van der Waals surface area contributed by atoms with Crippen LogP contribution in [0.25, 0.3) is 32.7 Å². The molecule has 41 heavy (non-hydrogen) atoms. The maximum atomic E-state index is 13.5. The van der Waals surface area contributed by atoms with E-state index in [0.29, 0.717) is 37.8 Å². The van der Waals surface area contributed by atoms with E-state index >= 15 is 0 Å². The fraction of sp³-hybridized carbons (Fsp3) is 0.250. The number of thiophene rings is 1. The van der Waals surface area contributed by atoms with E-state index in [0.717, 1.165) is 42.4 Å². The number of nitrogens with one attached hydrogen (secondary N) is 1. The van der Waals surface area contributed by atoms with Gasteiger partial charge in [0.2, 0.25) is 5.91 Å². The average Bonchev–Trinajstić information content (AvgIpc) is 3.55. The molecule has 0 unspecified atom stereocenters. The van der Waals surface area contributed by atoms with Crippen LogP contribution in [0, 0.1) is 12.8 Å². The number of rotatable bonds is 7. The molecule has 2 N–H and O–H groups in total. The fourth-order valence-corrected chi connectivity index (χ4v) is 6.69. The van der Waals surface area contributed by atoms with E-state index in [4.69, 9.17) is 4.74 Å². The summed E-state index contributed by atoms with van der Waals surface area (Å²) in [6, 6.07) is 17.2. The maximum Gasteiger partial charge on any atom is 0.353 e. The van der Waals surface area contributed by atoms with Crippen molar-refractivity contribution in [3.05, 3.63) is 93.5 Å². The first kappa shape index (κ1) is 26.7. The number of aliphatic hydroxyl groups excluding tert-OH is 1. The Hall–Kier alpha value is -4.50. The van der Waals surface area contributed by atoms with Gasteiger partial charge in [-0.05, 0) is 86.6 Å². The summed E-state index contributed by atoms with van der Waals surface area (Å²) >= 11 is 1.32. The molecular formula is C32H30N4O4S. The summed E-state index contributed by atoms with van der Waals surface area (Å²) < 4.78 is 8.08. The first-order chi connectivity index (χ1) is 19.9. The van der Waals surface area contributed by atoms with Gasteiger partial charge in [-0.3, -0.25) is 9.36 Å². The number of pyridine rings is 1. The number of amides is 1. The number of hydrogen-bond donors (Lipinski definition) is 2. The highest BCUT2D eigenvalue weighted by atomic mass is 32.1. The number of aromatic nitrogens is 3. The van der Waals surface area contributed by atoms with Gasteiger partial charge in [0.15, 0.2) is 0 Å². The second kappa shape index (κ2) is 11.2. The van der Waals surface area contributed by atoms with Crippen LogP contribution in [0.3, 0.4) is 0 Å². The first-order valence-corrected chi connectivity index (χ1v) is 14.5. The van der Waals surface area contributed by atoms with Crippen LogP contribution in [0.4, 0.5) is 0 Å². The van der Waals surface area contributed by atoms with Crippen LogP contribution in [0.5, 0.6) is 11.5 Å². The second-order valence-electron chi connectivity index (χ2n) is 10.5. The van der Waals surface area contributed by atoms with E-state index in [1.807, 2.05) is 61.5 Å². The van der Waals surface area contributed by atoms with Crippen LogP contribution in [0.2, 0.25) is 0 Å². The van der Waals surface area contributed by atoms with Gasteiger partial charge in [0.1, 0.15) is 27.6 Å². The van der Waals surface area contributed by atoms with E-state index in [1.165, 1.54) is 11.3 Å². The van der Waals surface area contributed by atoms with Gasteiger partial charge < -0.3 is 15.2 Å². The van der Waals surface area contributed by atoms with Gasteiger partial charge in [-0.25, -0.2) is 9.78 Å². The zero-order valence-electron chi connectivity index (χ0n) is 22.8. The number of carbonyl (C=O) groups is 1. The number of nitrogens with zero attached hydrogens (tertiary/aromatic N) is 3. The van der Waals surface area contributed by atoms with E-state index in [-0.39, 0.29) is 17.7 Å². The first-order valence-electron chi connectivity index (χ1n) is 13.7. The van der Waals surface area contributed by atoms with Gasteiger partial charge in [-0.1, -0.05) is 24.3 Å². The monoisotopic (exact) mass is 566 g/mol. The number of ether oxygens (including phenoxy) is 1. The van der Waals surface area contributed by atoms with Gasteiger partial charge in [0.25, 0.3) is 0 Å². The van der Waals surface area contributed by atoms with Crippen LogP contribution >= 0.6 is 11.3 Å². The summed E-state index contributed by atoms with van der Waals surface area (Å²) in [4.78, 5) is 34.4. The highest BCUT2D eigenvalue weighted by Crippen LogP contribution is 2.31. The lowest BCUT2D eigenvalue weighted by Gasteiger charge is -2.14. The molecule has 1 fully saturated rings. The largest absolute Gasteiger partial charge is 0.506 e. The predicted molar refractivity (Wildman–Crippen MR) is 162 cm³/mol. The molecule has 6 rings (SSSR count). The smallest absolute Gasteiger partial charge is 0.353 e. The summed E-state index contributed by atoms with van der Waals surface area (Å²) in [5.74, 6) is 1.93. The van der Waals surface area contributed by atoms with Crippen molar-refractivity contribution in [3.63, 3.8) is 0 Å². The molecule has 3 aromatic heterocycles. The molecule has 1 amide bonds. The van der Waals surface area contributed by atoms with E-state index < -0.39 is 5.69 Å². The van der Waals surface area contributed by atoms with Crippen LogP contribution in [0.15, 0.2) is 77.7 Å². The lowest BCUT2D eigenvalue weighted by Crippen LogP contribution is -2.30. The van der Waals surface area contributed by atoms with Gasteiger partial charge in [-0.15, -0.1) is 11.3 Å². The Balaban J connectivity index is 1.33. The van der Waals surface area contributed by atoms with Crippen molar-refractivity contribution in [2.24, 2.45) is 5.92 Å². The molecule has 1 saturated carbocycles. The lowest BCUT2D eigenvalue weighted by molar-refractivity contribution is -0.119. The van der Waals surface area contributed by atoms with Gasteiger partial charge in [0, 0.05) is 19.2 Å². The van der Waals surface area contributed by atoms with Crippen molar-refractivity contribution < 1.29 is 14.6 Å². The van der Waals surface area contributed by atoms with Gasteiger partial charge in [0.05, 0.1) is 21.1 Å². The van der Waals surface area contributed by atoms with Crippen molar-refractivity contribution in [2.45, 2.75) is 45.6 Å². The van der Waals surface area contributed by atoms with E-state index in [2.05, 4.69) is 15.3 Å². The Labute approximate surface area is 240 Å². The topological polar surface area (TPSA) is 106 Å². The molecule has 2 aromatic carbocycles. The zero-order chi connectivity index (χ0) is 28.5. The SMILES string of the molecule is CC(=O)N[C@@H]1CC[C@H](C/C=C/C(O)=c2sc3nccc4c3c2nc(=O)n4-c2ccc(Oc3ccccc3)cc2C)C1. The Kier molecular flexibility index (Phi) is 7.28. The Morgan fingerprint density at radius 3 is 2.78 bits per heavy atom. The van der Waals surface area contributed by atoms with Crippen LogP contribution in [-0.4, -0.2) is 31.6 Å². The summed E-state index contributed by atoms with van der Waals surface area (Å²) in [6.45, 7) is 3.48. The third-order valence-electron chi connectivity index (χ3n) is 7.50. The summed E-state index contributed by atoms with van der Waals surface area (Å²) in [5.41, 5.74) is 2.25. The standard InChI is InChI=1S/C32H30N4O4S/c1-19-17-24(40-23-8-4-3-5-9-23)13-14-25(19)36-26-15-16-33-31-28(26)29(35-32(36)39)30(41-31)27(38)10-6-7-21-11-12-22(18-21)34-20(2)37/h3-6,8-10,13-17,21-22,38H,7,11-12,18H2,1-2H3,(H,34,37)/b10-6+,30-27?/t21-,22+/m0/s1. The Bertz CT molecular complexity index is 1890. The fourth-order valence-electron chi connectivity index (χ4n) is 5.66. The van der Waals surface area contributed by atoms with E-state index in [9.17, 15) is 14.7 Å². The number of hydrogen-bond acceptors (Lipinski definition) is 7. The molecule has 208 valence electrons. The van der Waals surface area contributed by atoms with Crippen LogP contribution in [-0.2, 0) is 4.79 Å². The second-order valence-corrected chi connectivity index (χ2v) is 11.5. The van der Waals surface area contributed by atoms with Crippen molar-refractivity contribution >= 4 is 44.3 Å². The Morgan fingerprint density at radius 1 is 1.17 bits per heavy atom. The molecule has 0 aliphatic heterocycles. The molecule has 8 nitrogen and oxygen atoms in total. The maximum absolute atomic E-state index is 13.5. The van der Waals surface area contributed by atoms with Crippen molar-refractivity contribution in [1.82, 2.24) is 19.9 Å². The van der Waals surface area contributed by atoms with Gasteiger partial charge in [-0.2, -0.15) is 4.98 Å². The highest BCUT2D eigenvalue weighted by Gasteiger charge is 2.24. The molecule has 0 bridgehead atoms. The van der Waals surface area contributed by atoms with Gasteiger partial charge >= 0.3 is 5.69 Å². The number of aliphatic hydroxyl groups is 1. The number of allylic oxidation sites excluding steroid dienone is 1. The number of para-hydroxylation sites is 1. The minimum absolute atomic E-state index is 0.00462. The minimum Gasteiger partial charge on any atom is -0.506 e. The van der Waals surface area contributed by atoms with Crippen LogP contribution in [0.1, 0.15) is 38.2 Å². The molecule has 2 atom stereocenters. The minimum atomic E-state index is -0.434. The number of carbonyl (C=O) groups excluding carboxylic acids is 1. The summed E-state index contributed by atoms with van der Waals surface area (Å²) in [5, 5.41) is 14.8. The molecule has 0 saturated heterocycles. The molecule has 3 heterocycles. The normalized spacial score (nSPS) is 17.9. The van der Waals surface area contributed by atoms with Crippen LogP contribution < -0.4 is 20.3 Å². The Morgan fingerprint density at radius 2 is 2.00 bits per heavy atom. The lowest BCUT2D eigenvalue weighted by atomic mass is 10.0. The average molecular weight is 567 g/mol. The summed E-state index contributed by atoms with van der Waals surface area (Å²) in [7, 11) is 0. The van der Waals surface area contributed by atoms with E-state index in [1.54, 1.807) is 29.8 Å². The molecular weight excluding hydrogens is 536 g/mol. The molecule has 1 aliphatic rings. The molecule has 5 aromatic rings. The predicted octanol–water partition coefficient (Wildman–Crippen LogP) is 5.73. The number of benzene rings is 2. The molecule has 9 heteroatoms. The van der Waals surface area contributed by atoms with Crippen molar-refractivity contribution in [1.29, 1.82) is 0 Å².